The van der Waals surface area contributed by atoms with E-state index in [1.165, 1.54) is 40.9 Å². The summed E-state index contributed by atoms with van der Waals surface area (Å²) in [7, 11) is 0. The topological polar surface area (TPSA) is 25.8 Å². The molecule has 3 heterocycles. The Bertz CT molecular complexity index is 2190. The predicted octanol–water partition coefficient (Wildman–Crippen LogP) is 10.4. The van der Waals surface area contributed by atoms with E-state index in [2.05, 4.69) is 94.8 Å². The summed E-state index contributed by atoms with van der Waals surface area (Å²) in [6.07, 6.45) is 4.42. The summed E-state index contributed by atoms with van der Waals surface area (Å²) < 4.78 is 21.0. The zero-order valence-corrected chi connectivity index (χ0v) is 31.3. The molecule has 0 unspecified atom stereocenters. The van der Waals surface area contributed by atoms with E-state index in [4.69, 9.17) is 2.74 Å². The van der Waals surface area contributed by atoms with Crippen LogP contribution in [-0.2, 0) is 26.5 Å². The fourth-order valence-corrected chi connectivity index (χ4v) is 9.13. The van der Waals surface area contributed by atoms with Gasteiger partial charge in [-0.2, -0.15) is 11.3 Å². The molecule has 0 amide bonds. The Morgan fingerprint density at radius 2 is 1.64 bits per heavy atom. The van der Waals surface area contributed by atoms with Crippen molar-refractivity contribution >= 4 is 59.9 Å². The molecule has 1 aliphatic rings. The van der Waals surface area contributed by atoms with Crippen molar-refractivity contribution in [3.8, 4) is 22.5 Å². The number of thiophene rings is 1. The summed E-state index contributed by atoms with van der Waals surface area (Å²) in [5.41, 5.74) is 5.85. The Balaban J connectivity index is 0.000000194. The van der Waals surface area contributed by atoms with E-state index in [9.17, 15) is 0 Å². The fraction of sp³-hybridized carbons (Fsp3) is 0.200. The molecule has 0 spiro atoms. The Morgan fingerprint density at radius 1 is 0.844 bits per heavy atom. The molecule has 1 fully saturated rings. The van der Waals surface area contributed by atoms with Crippen LogP contribution < -0.4 is 4.40 Å². The van der Waals surface area contributed by atoms with Gasteiger partial charge in [0.25, 0.3) is 0 Å². The summed E-state index contributed by atoms with van der Waals surface area (Å²) in [5.74, 6) is 7.27. The van der Waals surface area contributed by atoms with Gasteiger partial charge in [-0.25, -0.2) is 0 Å². The minimum atomic E-state index is -1.72. The van der Waals surface area contributed by atoms with E-state index >= 15 is 0 Å². The summed E-state index contributed by atoms with van der Waals surface area (Å²) in [6, 6.07) is 37.6. The van der Waals surface area contributed by atoms with Gasteiger partial charge in [0.15, 0.2) is 0 Å². The third-order valence-electron chi connectivity index (χ3n) is 8.22. The Labute approximate surface area is 289 Å². The van der Waals surface area contributed by atoms with Gasteiger partial charge < -0.3 is 4.98 Å². The van der Waals surface area contributed by atoms with E-state index < -0.39 is 19.6 Å². The van der Waals surface area contributed by atoms with Gasteiger partial charge in [-0.15, -0.1) is 23.8 Å². The van der Waals surface area contributed by atoms with Crippen molar-refractivity contribution in [1.29, 1.82) is 0 Å². The minimum Gasteiger partial charge on any atom is 0 e. The number of nitrogens with zero attached hydrogens (tertiary/aromatic N) is 2. The number of fused-ring (bicyclic) bond motifs is 5. The Hall–Kier alpha value is -3.15. The van der Waals surface area contributed by atoms with Crippen LogP contribution in [0.25, 0.3) is 53.5 Å². The molecule has 0 saturated heterocycles. The number of aromatic nitrogens is 2. The van der Waals surface area contributed by atoms with Gasteiger partial charge >= 0.3 is 99.8 Å². The maximum Gasteiger partial charge on any atom is 0 e. The number of hydrogen-bond donors (Lipinski definition) is 0. The van der Waals surface area contributed by atoms with Crippen LogP contribution in [-0.4, -0.2) is 23.2 Å². The predicted molar refractivity (Wildman–Crippen MR) is 192 cm³/mol. The molecule has 0 N–H and O–H groups in total. The molecule has 1 aliphatic carbocycles. The van der Waals surface area contributed by atoms with Crippen LogP contribution in [0.2, 0.25) is 17.3 Å². The van der Waals surface area contributed by atoms with Crippen molar-refractivity contribution in [2.75, 3.05) is 0 Å². The van der Waals surface area contributed by atoms with Crippen molar-refractivity contribution in [2.24, 2.45) is 5.92 Å². The molecule has 1 saturated carbocycles. The van der Waals surface area contributed by atoms with Crippen LogP contribution in [0, 0.1) is 25.0 Å². The van der Waals surface area contributed by atoms with E-state index in [0.717, 1.165) is 40.9 Å². The second-order valence-corrected chi connectivity index (χ2v) is 24.3. The standard InChI is InChI=1S/C26H20NS.C14H16GeN.Ir/c1-16-13-24-25(20-6-3-2-5-19(16)20)22-8-4-7-21(26(22)28-24)23-15-18(11-12-27-23)14-17-9-10-17;1-15(2,3)13-9-10-14(16-11-13)12-7-5-4-6-8-12;/h2-6,8,11-13,15,17H,9-10,14H2,1H3;4-7,9-11H,1-3H3;/q2*-1;/i14D2;;. The van der Waals surface area contributed by atoms with Crippen LogP contribution in [0.3, 0.4) is 0 Å². The molecule has 3 aromatic heterocycles. The monoisotopic (exact) mass is 845 g/mol. The first kappa shape index (κ1) is 29.3. The SMILES string of the molecule is [2H]C([2H])(c1ccnc(-c2[c-]ccc3c2sc2cc(C)c4ccccc4c23)c1)C1CC1.[CH3][Ge]([CH3])([CH3])[c]1ccc(-c2[c-]cccc2)nc1.[Ir]. The Morgan fingerprint density at radius 3 is 2.36 bits per heavy atom. The molecule has 7 aromatic rings. The molecular formula is C40H36GeIrN2S-2. The number of rotatable bonds is 5. The van der Waals surface area contributed by atoms with Crippen molar-refractivity contribution < 1.29 is 22.8 Å². The third kappa shape index (κ3) is 6.85. The normalized spacial score (nSPS) is 14.0. The van der Waals surface area contributed by atoms with Crippen LogP contribution in [0.15, 0.2) is 103 Å². The van der Waals surface area contributed by atoms with Crippen molar-refractivity contribution in [3.63, 3.8) is 0 Å². The largest absolute Gasteiger partial charge is 0 e. The number of aryl methyl sites for hydroxylation is 1. The van der Waals surface area contributed by atoms with Gasteiger partial charge in [-0.1, -0.05) is 41.3 Å². The molecule has 0 atom stereocenters. The molecule has 45 heavy (non-hydrogen) atoms. The van der Waals surface area contributed by atoms with Crippen molar-refractivity contribution in [2.45, 2.75) is 43.4 Å². The first-order valence-corrected chi connectivity index (χ1v) is 23.4. The minimum absolute atomic E-state index is 0. The van der Waals surface area contributed by atoms with Gasteiger partial charge in [-0.3, -0.25) is 0 Å². The van der Waals surface area contributed by atoms with Crippen LogP contribution in [0.5, 0.6) is 0 Å². The number of pyridine rings is 2. The maximum atomic E-state index is 8.54. The number of benzene rings is 4. The van der Waals surface area contributed by atoms with Crippen molar-refractivity contribution in [1.82, 2.24) is 9.97 Å². The average molecular weight is 844 g/mol. The fourth-order valence-electron chi connectivity index (χ4n) is 5.64. The first-order valence-electron chi connectivity index (χ1n) is 16.3. The van der Waals surface area contributed by atoms with Crippen LogP contribution >= 0.6 is 11.3 Å². The molecule has 227 valence electrons. The van der Waals surface area contributed by atoms with E-state index in [1.807, 2.05) is 48.7 Å². The summed E-state index contributed by atoms with van der Waals surface area (Å²) in [5, 5.41) is 5.08. The molecule has 5 heteroatoms. The molecule has 1 radical (unpaired) electrons. The van der Waals surface area contributed by atoms with Gasteiger partial charge in [0.1, 0.15) is 0 Å². The number of hydrogen-bond acceptors (Lipinski definition) is 3. The van der Waals surface area contributed by atoms with Crippen LogP contribution in [0.4, 0.5) is 0 Å². The smallest absolute Gasteiger partial charge is 0 e. The van der Waals surface area contributed by atoms with Crippen molar-refractivity contribution in [3.05, 3.63) is 127 Å². The van der Waals surface area contributed by atoms with Gasteiger partial charge in [-0.05, 0) is 76.3 Å². The summed E-state index contributed by atoms with van der Waals surface area (Å²) in [6.45, 7) is 2.17. The van der Waals surface area contributed by atoms with Gasteiger partial charge in [0, 0.05) is 33.7 Å². The molecule has 0 aliphatic heterocycles. The quantitative estimate of drug-likeness (QED) is 0.127. The zero-order chi connectivity index (χ0) is 32.1. The van der Waals surface area contributed by atoms with Gasteiger partial charge in [0.05, 0.1) is 0 Å². The zero-order valence-electron chi connectivity index (χ0n) is 27.9. The second kappa shape index (κ2) is 13.3. The Kier molecular flexibility index (Phi) is 8.65. The first-order chi connectivity index (χ1) is 22.1. The molecule has 8 rings (SSSR count). The third-order valence-corrected chi connectivity index (χ3v) is 13.6. The molecule has 4 aromatic carbocycles. The molecule has 0 bridgehead atoms. The average Bonchev–Trinajstić information content (AvgIpc) is 3.87. The summed E-state index contributed by atoms with van der Waals surface area (Å²) >= 11 is 0.0632. The van der Waals surface area contributed by atoms with E-state index in [1.54, 1.807) is 17.5 Å². The molecule has 2 nitrogen and oxygen atoms in total. The molecular weight excluding hydrogens is 805 g/mol. The maximum absolute atomic E-state index is 8.54. The van der Waals surface area contributed by atoms with E-state index in [0.29, 0.717) is 0 Å². The van der Waals surface area contributed by atoms with Gasteiger partial charge in [0.2, 0.25) is 0 Å². The van der Waals surface area contributed by atoms with E-state index in [-0.39, 0.29) is 26.0 Å². The summed E-state index contributed by atoms with van der Waals surface area (Å²) in [4.78, 5) is 9.14. The second-order valence-electron chi connectivity index (χ2n) is 12.6. The van der Waals surface area contributed by atoms with Crippen LogP contribution in [0.1, 0.15) is 26.7 Å².